The number of imide groups is 1. The number of hydrogen-bond donors (Lipinski definition) is 1. The zero-order chi connectivity index (χ0) is 13.3. The van der Waals surface area contributed by atoms with E-state index in [1.807, 2.05) is 0 Å². The molecule has 0 aliphatic carbocycles. The summed E-state index contributed by atoms with van der Waals surface area (Å²) in [6.07, 6.45) is -4.82. The van der Waals surface area contributed by atoms with Gasteiger partial charge in [-0.1, -0.05) is 6.07 Å². The zero-order valence-electron chi connectivity index (χ0n) is 8.82. The highest BCUT2D eigenvalue weighted by Crippen LogP contribution is 2.27. The van der Waals surface area contributed by atoms with Gasteiger partial charge in [-0.25, -0.2) is 9.69 Å². The van der Waals surface area contributed by atoms with Crippen LogP contribution in [0.2, 0.25) is 0 Å². The Morgan fingerprint density at radius 2 is 2.00 bits per heavy atom. The zero-order valence-corrected chi connectivity index (χ0v) is 8.82. The van der Waals surface area contributed by atoms with Crippen LogP contribution in [0, 0.1) is 0 Å². The minimum Gasteiger partial charge on any atom is -0.406 e. The number of urea groups is 1. The van der Waals surface area contributed by atoms with E-state index in [0.29, 0.717) is 0 Å². The number of ether oxygens (including phenoxy) is 1. The molecule has 0 unspecified atom stereocenters. The molecule has 0 bridgehead atoms. The number of alkyl halides is 3. The maximum atomic E-state index is 12.0. The number of benzene rings is 1. The van der Waals surface area contributed by atoms with Gasteiger partial charge >= 0.3 is 12.4 Å². The average Bonchev–Trinajstić information content (AvgIpc) is 2.56. The summed E-state index contributed by atoms with van der Waals surface area (Å²) in [4.78, 5) is 23.4. The van der Waals surface area contributed by atoms with Crippen molar-refractivity contribution >= 4 is 17.6 Å². The summed E-state index contributed by atoms with van der Waals surface area (Å²) in [7, 11) is 0. The molecule has 1 aliphatic heterocycles. The molecule has 0 atom stereocenters. The van der Waals surface area contributed by atoms with Crippen LogP contribution in [-0.2, 0) is 4.79 Å². The SMILES string of the molecule is O=C1CNC(=O)N1c1cccc(OC(F)(F)F)c1. The first-order valence-electron chi connectivity index (χ1n) is 4.83. The quantitative estimate of drug-likeness (QED) is 0.822. The Hall–Kier alpha value is -2.25. The Labute approximate surface area is 99.1 Å². The lowest BCUT2D eigenvalue weighted by Gasteiger charge is -2.14. The molecule has 1 aromatic carbocycles. The molecule has 96 valence electrons. The van der Waals surface area contributed by atoms with Crippen molar-refractivity contribution in [1.82, 2.24) is 5.32 Å². The first kappa shape index (κ1) is 12.2. The molecule has 1 fully saturated rings. The first-order valence-corrected chi connectivity index (χ1v) is 4.83. The number of anilines is 1. The molecule has 2 rings (SSSR count). The van der Waals surface area contributed by atoms with Crippen molar-refractivity contribution in [3.05, 3.63) is 24.3 Å². The summed E-state index contributed by atoms with van der Waals surface area (Å²) in [5, 5.41) is 2.26. The summed E-state index contributed by atoms with van der Waals surface area (Å²) in [5.41, 5.74) is 0.0248. The van der Waals surface area contributed by atoms with Crippen LogP contribution in [0.15, 0.2) is 24.3 Å². The average molecular weight is 260 g/mol. The molecular weight excluding hydrogens is 253 g/mol. The minimum absolute atomic E-state index is 0.0248. The van der Waals surface area contributed by atoms with Gasteiger partial charge in [0.05, 0.1) is 12.2 Å². The number of carbonyl (C=O) groups excluding carboxylic acids is 2. The number of nitrogens with zero attached hydrogens (tertiary/aromatic N) is 1. The van der Waals surface area contributed by atoms with Crippen molar-refractivity contribution in [3.63, 3.8) is 0 Å². The fraction of sp³-hybridized carbons (Fsp3) is 0.200. The second kappa shape index (κ2) is 4.21. The number of amides is 3. The van der Waals surface area contributed by atoms with Crippen molar-refractivity contribution in [1.29, 1.82) is 0 Å². The van der Waals surface area contributed by atoms with Gasteiger partial charge < -0.3 is 10.1 Å². The first-order chi connectivity index (χ1) is 8.37. The highest BCUT2D eigenvalue weighted by atomic mass is 19.4. The molecule has 0 spiro atoms. The van der Waals surface area contributed by atoms with E-state index in [9.17, 15) is 22.8 Å². The number of hydrogen-bond acceptors (Lipinski definition) is 3. The van der Waals surface area contributed by atoms with Crippen LogP contribution in [-0.4, -0.2) is 24.8 Å². The third-order valence-electron chi connectivity index (χ3n) is 2.15. The van der Waals surface area contributed by atoms with Gasteiger partial charge in [0.15, 0.2) is 0 Å². The van der Waals surface area contributed by atoms with Crippen LogP contribution in [0.4, 0.5) is 23.7 Å². The van der Waals surface area contributed by atoms with Crippen molar-refractivity contribution in [2.24, 2.45) is 0 Å². The summed E-state index contributed by atoms with van der Waals surface area (Å²) in [6, 6.07) is 3.97. The van der Waals surface area contributed by atoms with Gasteiger partial charge in [-0.15, -0.1) is 13.2 Å². The fourth-order valence-electron chi connectivity index (χ4n) is 1.50. The van der Waals surface area contributed by atoms with Crippen molar-refractivity contribution in [2.45, 2.75) is 6.36 Å². The molecule has 1 saturated heterocycles. The lowest BCUT2D eigenvalue weighted by molar-refractivity contribution is -0.274. The molecule has 1 N–H and O–H groups in total. The Morgan fingerprint density at radius 1 is 1.28 bits per heavy atom. The van der Waals surface area contributed by atoms with Crippen LogP contribution in [0.25, 0.3) is 0 Å². The monoisotopic (exact) mass is 260 g/mol. The summed E-state index contributed by atoms with van der Waals surface area (Å²) >= 11 is 0. The third-order valence-corrected chi connectivity index (χ3v) is 2.15. The molecule has 0 aromatic heterocycles. The fourth-order valence-corrected chi connectivity index (χ4v) is 1.50. The molecule has 1 aliphatic rings. The van der Waals surface area contributed by atoms with Gasteiger partial charge in [-0.2, -0.15) is 0 Å². The Morgan fingerprint density at radius 3 is 2.56 bits per heavy atom. The predicted octanol–water partition coefficient (Wildman–Crippen LogP) is 1.64. The number of rotatable bonds is 2. The Kier molecular flexibility index (Phi) is 2.85. The van der Waals surface area contributed by atoms with E-state index in [2.05, 4.69) is 10.1 Å². The van der Waals surface area contributed by atoms with E-state index in [4.69, 9.17) is 0 Å². The molecule has 8 heteroatoms. The molecule has 1 aromatic rings. The molecule has 1 heterocycles. The Balaban J connectivity index is 2.27. The standard InChI is InChI=1S/C10H7F3N2O3/c11-10(12,13)18-7-3-1-2-6(4-7)15-8(16)5-14-9(15)17/h1-4H,5H2,(H,14,17). The van der Waals surface area contributed by atoms with E-state index in [-0.39, 0.29) is 12.2 Å². The van der Waals surface area contributed by atoms with Crippen LogP contribution >= 0.6 is 0 Å². The predicted molar refractivity (Wildman–Crippen MR) is 54.0 cm³/mol. The summed E-state index contributed by atoms with van der Waals surface area (Å²) in [5.74, 6) is -1.03. The topological polar surface area (TPSA) is 58.6 Å². The number of carbonyl (C=O) groups is 2. The second-order valence-corrected chi connectivity index (χ2v) is 3.43. The van der Waals surface area contributed by atoms with Crippen LogP contribution in [0.3, 0.4) is 0 Å². The second-order valence-electron chi connectivity index (χ2n) is 3.43. The minimum atomic E-state index is -4.82. The highest BCUT2D eigenvalue weighted by Gasteiger charge is 2.33. The molecule has 0 radical (unpaired) electrons. The maximum absolute atomic E-state index is 12.0. The molecule has 0 saturated carbocycles. The largest absolute Gasteiger partial charge is 0.573 e. The number of halogens is 3. The number of nitrogens with one attached hydrogen (secondary N) is 1. The van der Waals surface area contributed by atoms with Gasteiger partial charge in [-0.3, -0.25) is 4.79 Å². The normalized spacial score (nSPS) is 15.8. The van der Waals surface area contributed by atoms with Gasteiger partial charge in [0.1, 0.15) is 5.75 Å². The van der Waals surface area contributed by atoms with Crippen LogP contribution < -0.4 is 15.0 Å². The van der Waals surface area contributed by atoms with Crippen molar-refractivity contribution in [2.75, 3.05) is 11.4 Å². The van der Waals surface area contributed by atoms with E-state index < -0.39 is 24.1 Å². The third kappa shape index (κ3) is 2.53. The lowest BCUT2D eigenvalue weighted by Crippen LogP contribution is -2.30. The van der Waals surface area contributed by atoms with Crippen molar-refractivity contribution in [3.8, 4) is 5.75 Å². The smallest absolute Gasteiger partial charge is 0.406 e. The van der Waals surface area contributed by atoms with Gasteiger partial charge in [0.25, 0.3) is 5.91 Å². The van der Waals surface area contributed by atoms with Crippen LogP contribution in [0.5, 0.6) is 5.75 Å². The van der Waals surface area contributed by atoms with E-state index in [1.165, 1.54) is 12.1 Å². The van der Waals surface area contributed by atoms with Crippen molar-refractivity contribution < 1.29 is 27.5 Å². The van der Waals surface area contributed by atoms with E-state index >= 15 is 0 Å². The Bertz CT molecular complexity index is 485. The summed E-state index contributed by atoms with van der Waals surface area (Å²) in [6.45, 7) is -0.177. The highest BCUT2D eigenvalue weighted by molar-refractivity contribution is 6.19. The maximum Gasteiger partial charge on any atom is 0.573 e. The van der Waals surface area contributed by atoms with E-state index in [1.54, 1.807) is 0 Å². The summed E-state index contributed by atoms with van der Waals surface area (Å²) < 4.78 is 39.8. The molecule has 18 heavy (non-hydrogen) atoms. The lowest BCUT2D eigenvalue weighted by atomic mass is 10.3. The van der Waals surface area contributed by atoms with Gasteiger partial charge in [-0.05, 0) is 12.1 Å². The van der Waals surface area contributed by atoms with Gasteiger partial charge in [0, 0.05) is 6.07 Å². The van der Waals surface area contributed by atoms with Crippen LogP contribution in [0.1, 0.15) is 0 Å². The molecule has 3 amide bonds. The molecule has 5 nitrogen and oxygen atoms in total. The van der Waals surface area contributed by atoms with E-state index in [0.717, 1.165) is 17.0 Å². The molecular formula is C10H7F3N2O3. The van der Waals surface area contributed by atoms with Gasteiger partial charge in [0.2, 0.25) is 0 Å².